The van der Waals surface area contributed by atoms with Crippen LogP contribution in [0.3, 0.4) is 0 Å². The number of nitrogens with zero attached hydrogens (tertiary/aromatic N) is 1. The van der Waals surface area contributed by atoms with Gasteiger partial charge in [-0.2, -0.15) is 0 Å². The van der Waals surface area contributed by atoms with Crippen LogP contribution in [0.2, 0.25) is 0 Å². The molecule has 0 aromatic rings. The summed E-state index contributed by atoms with van der Waals surface area (Å²) in [4.78, 5) is 22.8. The molecule has 0 aliphatic carbocycles. The Morgan fingerprint density at radius 1 is 1.79 bits per heavy atom. The van der Waals surface area contributed by atoms with E-state index in [1.807, 2.05) is 0 Å². The van der Waals surface area contributed by atoms with Crippen molar-refractivity contribution in [1.82, 2.24) is 4.90 Å². The number of rotatable bonds is 1. The zero-order chi connectivity index (χ0) is 10.5. The quantitative estimate of drug-likeness (QED) is 0.412. The van der Waals surface area contributed by atoms with Gasteiger partial charge in [-0.25, -0.2) is 4.79 Å². The molecular formula is C7H8N2O4S. The average molecular weight is 216 g/mol. The minimum absolute atomic E-state index is 0.116. The molecule has 0 saturated carbocycles. The third-order valence-corrected chi connectivity index (χ3v) is 3.83. The van der Waals surface area contributed by atoms with Crippen molar-refractivity contribution >= 4 is 23.1 Å². The molecule has 7 heteroatoms. The Morgan fingerprint density at radius 2 is 2.43 bits per heavy atom. The molecule has 2 aliphatic heterocycles. The number of carbonyl (C=O) groups is 2. The van der Waals surface area contributed by atoms with Crippen LogP contribution in [-0.2, 0) is 20.8 Å². The fourth-order valence-corrected chi connectivity index (χ4v) is 2.89. The van der Waals surface area contributed by atoms with Gasteiger partial charge in [0.25, 0.3) is 0 Å². The van der Waals surface area contributed by atoms with Gasteiger partial charge >= 0.3 is 5.97 Å². The Bertz CT molecular complexity index is 343. The van der Waals surface area contributed by atoms with Gasteiger partial charge in [0.15, 0.2) is 5.37 Å². The van der Waals surface area contributed by atoms with Crippen LogP contribution < -0.4 is 5.73 Å². The van der Waals surface area contributed by atoms with E-state index in [0.29, 0.717) is 0 Å². The van der Waals surface area contributed by atoms with Gasteiger partial charge in [-0.1, -0.05) is 0 Å². The summed E-state index contributed by atoms with van der Waals surface area (Å²) in [6.45, 7) is 0. The standard InChI is InChI=1S/C7H8N2O4S/c8-4-1-3(7(11)12)9-5(10)2-6(9)14(4)13/h1,4,6H,2,8H2,(H,11,12)/t4?,6-,14?/m1/s1. The maximum atomic E-state index is 11.5. The molecular weight excluding hydrogens is 208 g/mol. The molecule has 0 bridgehead atoms. The topological polar surface area (TPSA) is 107 Å². The van der Waals surface area contributed by atoms with E-state index in [0.717, 1.165) is 11.0 Å². The number of aliphatic carboxylic acids is 1. The van der Waals surface area contributed by atoms with E-state index in [1.165, 1.54) is 0 Å². The SMILES string of the molecule is NC1C=C(C(=O)O)N2C(=O)C[C@H]2[S+]1[O-]. The normalized spacial score (nSPS) is 35.9. The molecule has 1 fully saturated rings. The molecule has 0 spiro atoms. The van der Waals surface area contributed by atoms with E-state index in [2.05, 4.69) is 0 Å². The predicted molar refractivity (Wildman–Crippen MR) is 47.1 cm³/mol. The largest absolute Gasteiger partial charge is 0.613 e. The van der Waals surface area contributed by atoms with Crippen molar-refractivity contribution in [2.45, 2.75) is 17.2 Å². The third-order valence-electron chi connectivity index (χ3n) is 2.24. The summed E-state index contributed by atoms with van der Waals surface area (Å²) in [5, 5.41) is 7.42. The fourth-order valence-electron chi connectivity index (χ4n) is 1.52. The van der Waals surface area contributed by atoms with Gasteiger partial charge < -0.3 is 9.66 Å². The summed E-state index contributed by atoms with van der Waals surface area (Å²) in [7, 11) is 0. The van der Waals surface area contributed by atoms with Gasteiger partial charge in [-0.3, -0.25) is 15.4 Å². The van der Waals surface area contributed by atoms with Crippen molar-refractivity contribution in [1.29, 1.82) is 0 Å². The summed E-state index contributed by atoms with van der Waals surface area (Å²) >= 11 is -1.39. The highest BCUT2D eigenvalue weighted by Gasteiger charge is 2.52. The monoisotopic (exact) mass is 216 g/mol. The van der Waals surface area contributed by atoms with Crippen molar-refractivity contribution in [3.05, 3.63) is 11.8 Å². The summed E-state index contributed by atoms with van der Waals surface area (Å²) in [6.07, 6.45) is 1.27. The summed E-state index contributed by atoms with van der Waals surface area (Å²) in [5.41, 5.74) is 5.31. The highest BCUT2D eigenvalue weighted by atomic mass is 32.2. The van der Waals surface area contributed by atoms with E-state index in [-0.39, 0.29) is 18.0 Å². The highest BCUT2D eigenvalue weighted by Crippen LogP contribution is 2.34. The van der Waals surface area contributed by atoms with Gasteiger partial charge in [0.2, 0.25) is 11.3 Å². The summed E-state index contributed by atoms with van der Waals surface area (Å²) < 4.78 is 11.5. The second-order valence-corrected chi connectivity index (χ2v) is 4.82. The van der Waals surface area contributed by atoms with Crippen LogP contribution in [0.4, 0.5) is 0 Å². The lowest BCUT2D eigenvalue weighted by molar-refractivity contribution is -0.146. The van der Waals surface area contributed by atoms with Crippen LogP contribution in [0.15, 0.2) is 11.8 Å². The maximum Gasteiger partial charge on any atom is 0.352 e. The molecule has 1 saturated heterocycles. The molecule has 6 nitrogen and oxygen atoms in total. The highest BCUT2D eigenvalue weighted by molar-refractivity contribution is 7.92. The first-order valence-electron chi connectivity index (χ1n) is 3.94. The van der Waals surface area contributed by atoms with Crippen LogP contribution >= 0.6 is 0 Å². The predicted octanol–water partition coefficient (Wildman–Crippen LogP) is -1.44. The third kappa shape index (κ3) is 1.13. The molecule has 3 atom stereocenters. The van der Waals surface area contributed by atoms with Crippen molar-refractivity contribution < 1.29 is 19.2 Å². The number of carboxylic acid groups (broad SMARTS) is 1. The Hall–Kier alpha value is -1.05. The molecule has 2 unspecified atom stereocenters. The molecule has 0 aromatic heterocycles. The summed E-state index contributed by atoms with van der Waals surface area (Å²) in [6, 6.07) is 0. The second-order valence-electron chi connectivity index (χ2n) is 3.07. The lowest BCUT2D eigenvalue weighted by Gasteiger charge is -2.43. The first kappa shape index (κ1) is 9.50. The number of hydrogen-bond acceptors (Lipinski definition) is 4. The lowest BCUT2D eigenvalue weighted by atomic mass is 10.1. The van der Waals surface area contributed by atoms with Crippen molar-refractivity contribution in [2.75, 3.05) is 0 Å². The number of hydrogen-bond donors (Lipinski definition) is 2. The molecule has 3 N–H and O–H groups in total. The minimum atomic E-state index is -1.39. The number of nitrogens with two attached hydrogens (primary N) is 1. The minimum Gasteiger partial charge on any atom is -0.613 e. The van der Waals surface area contributed by atoms with Crippen molar-refractivity contribution in [3.63, 3.8) is 0 Å². The Kier molecular flexibility index (Phi) is 2.02. The number of fused-ring (bicyclic) bond motifs is 1. The van der Waals surface area contributed by atoms with E-state index in [4.69, 9.17) is 10.8 Å². The molecule has 2 rings (SSSR count). The van der Waals surface area contributed by atoms with Crippen molar-refractivity contribution in [3.8, 4) is 0 Å². The van der Waals surface area contributed by atoms with Crippen LogP contribution in [0.5, 0.6) is 0 Å². The van der Waals surface area contributed by atoms with Gasteiger partial charge in [-0.15, -0.1) is 0 Å². The van der Waals surface area contributed by atoms with Crippen LogP contribution in [0.25, 0.3) is 0 Å². The Morgan fingerprint density at radius 3 is 2.93 bits per heavy atom. The van der Waals surface area contributed by atoms with Gasteiger partial charge in [0.05, 0.1) is 6.42 Å². The smallest absolute Gasteiger partial charge is 0.352 e. The van der Waals surface area contributed by atoms with E-state index in [1.54, 1.807) is 0 Å². The van der Waals surface area contributed by atoms with Gasteiger partial charge in [-0.05, 0) is 11.2 Å². The average Bonchev–Trinajstić information content (AvgIpc) is 2.09. The van der Waals surface area contributed by atoms with Crippen LogP contribution in [-0.4, -0.2) is 37.2 Å². The first-order valence-corrected chi connectivity index (χ1v) is 5.22. The lowest BCUT2D eigenvalue weighted by Crippen LogP contribution is -2.62. The molecule has 2 aliphatic rings. The second kappa shape index (κ2) is 2.97. The zero-order valence-corrected chi connectivity index (χ0v) is 7.86. The van der Waals surface area contributed by atoms with E-state index < -0.39 is 27.9 Å². The molecule has 1 amide bonds. The van der Waals surface area contributed by atoms with E-state index >= 15 is 0 Å². The molecule has 2 heterocycles. The fraction of sp³-hybridized carbons (Fsp3) is 0.429. The van der Waals surface area contributed by atoms with Crippen LogP contribution in [0.1, 0.15) is 6.42 Å². The van der Waals surface area contributed by atoms with Gasteiger partial charge in [0, 0.05) is 6.08 Å². The first-order chi connectivity index (χ1) is 6.52. The number of carboxylic acids is 1. The Labute approximate surface area is 82.5 Å². The zero-order valence-electron chi connectivity index (χ0n) is 7.04. The molecule has 14 heavy (non-hydrogen) atoms. The maximum absolute atomic E-state index is 11.5. The molecule has 0 aromatic carbocycles. The Balaban J connectivity index is 2.35. The van der Waals surface area contributed by atoms with E-state index in [9.17, 15) is 14.1 Å². The number of amides is 1. The molecule has 76 valence electrons. The number of β-lactam (4-membered cyclic amide) rings is 1. The van der Waals surface area contributed by atoms with Crippen LogP contribution in [0, 0.1) is 0 Å². The molecule has 0 radical (unpaired) electrons. The van der Waals surface area contributed by atoms with Crippen molar-refractivity contribution in [2.24, 2.45) is 5.73 Å². The van der Waals surface area contributed by atoms with Gasteiger partial charge in [0.1, 0.15) is 5.70 Å². The number of carbonyl (C=O) groups excluding carboxylic acids is 1. The summed E-state index contributed by atoms with van der Waals surface area (Å²) in [5.74, 6) is -1.53.